The SMILES string of the molecule is CCc1ccc(CC)c(CNC(=O)c2ccc(CN(c3ccccc3)S(C)(=O)=O)cc2)c1. The Morgan fingerprint density at radius 2 is 1.50 bits per heavy atom. The fourth-order valence-electron chi connectivity index (χ4n) is 3.61. The summed E-state index contributed by atoms with van der Waals surface area (Å²) in [5.74, 6) is -0.150. The average molecular weight is 451 g/mol. The maximum atomic E-state index is 12.7. The van der Waals surface area contributed by atoms with Gasteiger partial charge in [-0.25, -0.2) is 8.42 Å². The van der Waals surface area contributed by atoms with Crippen LogP contribution in [-0.2, 0) is 36.0 Å². The Bertz CT molecular complexity index is 1160. The summed E-state index contributed by atoms with van der Waals surface area (Å²) in [7, 11) is -3.44. The molecule has 0 aliphatic carbocycles. The Hall–Kier alpha value is -3.12. The molecule has 0 aromatic heterocycles. The Kier molecular flexibility index (Phi) is 7.70. The van der Waals surface area contributed by atoms with Gasteiger partial charge < -0.3 is 5.32 Å². The zero-order valence-electron chi connectivity index (χ0n) is 18.8. The lowest BCUT2D eigenvalue weighted by molar-refractivity contribution is 0.0951. The third-order valence-electron chi connectivity index (χ3n) is 5.49. The van der Waals surface area contributed by atoms with Gasteiger partial charge in [0.25, 0.3) is 5.91 Å². The number of hydrogen-bond acceptors (Lipinski definition) is 3. The van der Waals surface area contributed by atoms with E-state index < -0.39 is 10.0 Å². The molecule has 32 heavy (non-hydrogen) atoms. The minimum absolute atomic E-state index is 0.150. The second-order valence-electron chi connectivity index (χ2n) is 7.79. The van der Waals surface area contributed by atoms with Crippen LogP contribution in [0.4, 0.5) is 5.69 Å². The molecule has 0 aliphatic rings. The molecule has 3 rings (SSSR count). The first kappa shape index (κ1) is 23.5. The Morgan fingerprint density at radius 3 is 2.09 bits per heavy atom. The fraction of sp³-hybridized carbons (Fsp3) is 0.269. The van der Waals surface area contributed by atoms with Gasteiger partial charge in [0, 0.05) is 12.1 Å². The van der Waals surface area contributed by atoms with Crippen molar-refractivity contribution in [2.24, 2.45) is 0 Å². The molecule has 0 aliphatic heterocycles. The van der Waals surface area contributed by atoms with Crippen LogP contribution in [0.15, 0.2) is 72.8 Å². The van der Waals surface area contributed by atoms with Gasteiger partial charge in [-0.05, 0) is 59.4 Å². The molecule has 1 amide bonds. The number of sulfonamides is 1. The van der Waals surface area contributed by atoms with Crippen LogP contribution in [0.2, 0.25) is 0 Å². The first-order chi connectivity index (χ1) is 15.3. The summed E-state index contributed by atoms with van der Waals surface area (Å²) < 4.78 is 25.9. The number of anilines is 1. The molecule has 0 fully saturated rings. The van der Waals surface area contributed by atoms with E-state index in [-0.39, 0.29) is 12.5 Å². The highest BCUT2D eigenvalue weighted by molar-refractivity contribution is 7.92. The molecule has 1 N–H and O–H groups in total. The van der Waals surface area contributed by atoms with E-state index >= 15 is 0 Å². The summed E-state index contributed by atoms with van der Waals surface area (Å²) in [5.41, 5.74) is 5.59. The first-order valence-electron chi connectivity index (χ1n) is 10.8. The number of aryl methyl sites for hydroxylation is 2. The fourth-order valence-corrected chi connectivity index (χ4v) is 4.50. The zero-order valence-corrected chi connectivity index (χ0v) is 19.7. The van der Waals surface area contributed by atoms with E-state index in [2.05, 4.69) is 37.4 Å². The molecular weight excluding hydrogens is 420 g/mol. The van der Waals surface area contributed by atoms with Gasteiger partial charge in [0.05, 0.1) is 18.5 Å². The molecule has 3 aromatic carbocycles. The third-order valence-corrected chi connectivity index (χ3v) is 6.63. The van der Waals surface area contributed by atoms with E-state index in [0.29, 0.717) is 17.8 Å². The minimum Gasteiger partial charge on any atom is -0.348 e. The van der Waals surface area contributed by atoms with Gasteiger partial charge in [-0.2, -0.15) is 0 Å². The van der Waals surface area contributed by atoms with Crippen molar-refractivity contribution in [2.75, 3.05) is 10.6 Å². The van der Waals surface area contributed by atoms with E-state index in [9.17, 15) is 13.2 Å². The monoisotopic (exact) mass is 450 g/mol. The van der Waals surface area contributed by atoms with E-state index in [4.69, 9.17) is 0 Å². The predicted octanol–water partition coefficient (Wildman–Crippen LogP) is 4.71. The maximum absolute atomic E-state index is 12.7. The van der Waals surface area contributed by atoms with Crippen molar-refractivity contribution in [1.82, 2.24) is 5.32 Å². The van der Waals surface area contributed by atoms with Gasteiger partial charge in [0.15, 0.2) is 0 Å². The summed E-state index contributed by atoms with van der Waals surface area (Å²) in [6, 6.07) is 22.5. The van der Waals surface area contributed by atoms with Gasteiger partial charge in [-0.3, -0.25) is 9.10 Å². The summed E-state index contributed by atoms with van der Waals surface area (Å²) in [6.07, 6.45) is 3.07. The standard InChI is InChI=1S/C26H30N2O3S/c1-4-20-11-14-22(5-2)24(17-20)18-27-26(29)23-15-12-21(13-16-23)19-28(32(3,30)31)25-9-7-6-8-10-25/h6-17H,4-5,18-19H2,1-3H3,(H,27,29). The summed E-state index contributed by atoms with van der Waals surface area (Å²) in [5, 5.41) is 3.01. The quantitative estimate of drug-likeness (QED) is 0.514. The molecule has 0 heterocycles. The second-order valence-corrected chi connectivity index (χ2v) is 9.70. The van der Waals surface area contributed by atoms with Crippen LogP contribution in [0.3, 0.4) is 0 Å². The highest BCUT2D eigenvalue weighted by atomic mass is 32.2. The van der Waals surface area contributed by atoms with E-state index in [1.165, 1.54) is 21.7 Å². The van der Waals surface area contributed by atoms with Crippen molar-refractivity contribution in [3.63, 3.8) is 0 Å². The number of hydrogen-bond donors (Lipinski definition) is 1. The Morgan fingerprint density at radius 1 is 0.844 bits per heavy atom. The molecule has 5 nitrogen and oxygen atoms in total. The van der Waals surface area contributed by atoms with Gasteiger partial charge in [-0.1, -0.05) is 62.4 Å². The van der Waals surface area contributed by atoms with Crippen LogP contribution < -0.4 is 9.62 Å². The van der Waals surface area contributed by atoms with Gasteiger partial charge in [-0.15, -0.1) is 0 Å². The number of benzene rings is 3. The van der Waals surface area contributed by atoms with Crippen LogP contribution in [-0.4, -0.2) is 20.6 Å². The molecule has 0 bridgehead atoms. The van der Waals surface area contributed by atoms with Gasteiger partial charge >= 0.3 is 0 Å². The number of rotatable bonds is 9. The zero-order chi connectivity index (χ0) is 23.1. The van der Waals surface area contributed by atoms with Crippen LogP contribution in [0, 0.1) is 0 Å². The van der Waals surface area contributed by atoms with E-state index in [1.807, 2.05) is 6.07 Å². The normalized spacial score (nSPS) is 11.2. The first-order valence-corrected chi connectivity index (χ1v) is 12.7. The molecule has 0 saturated heterocycles. The average Bonchev–Trinajstić information content (AvgIpc) is 2.81. The number of nitrogens with zero attached hydrogens (tertiary/aromatic N) is 1. The van der Waals surface area contributed by atoms with Crippen LogP contribution in [0.5, 0.6) is 0 Å². The molecule has 0 radical (unpaired) electrons. The Balaban J connectivity index is 1.69. The molecule has 168 valence electrons. The predicted molar refractivity (Wildman–Crippen MR) is 130 cm³/mol. The summed E-state index contributed by atoms with van der Waals surface area (Å²) in [6.45, 7) is 4.91. The number of carbonyl (C=O) groups excluding carboxylic acids is 1. The lowest BCUT2D eigenvalue weighted by atomic mass is 10.0. The molecule has 0 spiro atoms. The van der Waals surface area contributed by atoms with E-state index in [0.717, 1.165) is 24.0 Å². The summed E-state index contributed by atoms with van der Waals surface area (Å²) in [4.78, 5) is 12.7. The number of nitrogens with one attached hydrogen (secondary N) is 1. The van der Waals surface area contributed by atoms with Crippen molar-refractivity contribution >= 4 is 21.6 Å². The second kappa shape index (κ2) is 10.5. The van der Waals surface area contributed by atoms with Crippen LogP contribution in [0.1, 0.15) is 46.5 Å². The third kappa shape index (κ3) is 5.98. The van der Waals surface area contributed by atoms with E-state index in [1.54, 1.807) is 48.5 Å². The van der Waals surface area contributed by atoms with Crippen LogP contribution in [0.25, 0.3) is 0 Å². The number of para-hydroxylation sites is 1. The molecule has 3 aromatic rings. The minimum atomic E-state index is -3.44. The smallest absolute Gasteiger partial charge is 0.251 e. The highest BCUT2D eigenvalue weighted by Crippen LogP contribution is 2.20. The van der Waals surface area contributed by atoms with Crippen molar-refractivity contribution < 1.29 is 13.2 Å². The van der Waals surface area contributed by atoms with Crippen molar-refractivity contribution in [2.45, 2.75) is 39.8 Å². The lowest BCUT2D eigenvalue weighted by Crippen LogP contribution is -2.29. The lowest BCUT2D eigenvalue weighted by Gasteiger charge is -2.22. The van der Waals surface area contributed by atoms with Crippen molar-refractivity contribution in [3.05, 3.63) is 101 Å². The molecule has 0 saturated carbocycles. The maximum Gasteiger partial charge on any atom is 0.251 e. The molecule has 0 atom stereocenters. The molecular formula is C26H30N2O3S. The number of carbonyl (C=O) groups is 1. The molecule has 6 heteroatoms. The largest absolute Gasteiger partial charge is 0.348 e. The summed E-state index contributed by atoms with van der Waals surface area (Å²) >= 11 is 0. The van der Waals surface area contributed by atoms with Gasteiger partial charge in [0.1, 0.15) is 0 Å². The van der Waals surface area contributed by atoms with Crippen LogP contribution >= 0.6 is 0 Å². The topological polar surface area (TPSA) is 66.5 Å². The molecule has 0 unspecified atom stereocenters. The number of amides is 1. The van der Waals surface area contributed by atoms with Gasteiger partial charge in [0.2, 0.25) is 10.0 Å². The van der Waals surface area contributed by atoms with Crippen molar-refractivity contribution in [3.8, 4) is 0 Å². The highest BCUT2D eigenvalue weighted by Gasteiger charge is 2.18. The van der Waals surface area contributed by atoms with Crippen molar-refractivity contribution in [1.29, 1.82) is 0 Å². The Labute approximate surface area is 191 Å².